The highest BCUT2D eigenvalue weighted by Crippen LogP contribution is 2.39. The fourth-order valence-corrected chi connectivity index (χ4v) is 2.10. The summed E-state index contributed by atoms with van der Waals surface area (Å²) in [6, 6.07) is 8.84. The average molecular weight is 301 g/mol. The first-order valence-corrected chi connectivity index (χ1v) is 6.73. The Kier molecular flexibility index (Phi) is 4.88. The minimum absolute atomic E-state index is 0.126. The number of phenolic OH excluding ortho intramolecular Hbond substituents is 1. The van der Waals surface area contributed by atoms with Gasteiger partial charge in [0.1, 0.15) is 11.4 Å². The lowest BCUT2D eigenvalue weighted by molar-refractivity contribution is 0.324. The van der Waals surface area contributed by atoms with E-state index in [-0.39, 0.29) is 5.75 Å². The number of ether oxygens (including phenoxy) is 3. The maximum absolute atomic E-state index is 9.83. The van der Waals surface area contributed by atoms with Gasteiger partial charge in [-0.2, -0.15) is 0 Å². The first-order valence-electron chi connectivity index (χ1n) is 6.73. The quantitative estimate of drug-likeness (QED) is 0.859. The summed E-state index contributed by atoms with van der Waals surface area (Å²) in [6.07, 6.45) is 1.62. The lowest BCUT2D eigenvalue weighted by Crippen LogP contribution is -1.98. The van der Waals surface area contributed by atoms with Crippen molar-refractivity contribution in [2.75, 3.05) is 21.3 Å². The second kappa shape index (κ2) is 6.85. The molecule has 116 valence electrons. The molecule has 5 heteroatoms. The van der Waals surface area contributed by atoms with E-state index in [0.29, 0.717) is 22.9 Å². The van der Waals surface area contributed by atoms with Crippen molar-refractivity contribution in [2.24, 2.45) is 4.99 Å². The van der Waals surface area contributed by atoms with E-state index in [1.807, 2.05) is 19.1 Å². The Hall–Kier alpha value is -2.69. The molecule has 0 heterocycles. The van der Waals surface area contributed by atoms with Crippen LogP contribution in [-0.2, 0) is 0 Å². The van der Waals surface area contributed by atoms with Crippen LogP contribution in [0.5, 0.6) is 23.0 Å². The molecule has 0 unspecified atom stereocenters. The first kappa shape index (κ1) is 15.7. The molecular weight excluding hydrogens is 282 g/mol. The summed E-state index contributed by atoms with van der Waals surface area (Å²) in [6.45, 7) is 1.94. The molecule has 2 aromatic rings. The Morgan fingerprint density at radius 2 is 1.68 bits per heavy atom. The van der Waals surface area contributed by atoms with Crippen LogP contribution >= 0.6 is 0 Å². The predicted octanol–water partition coefficient (Wildman–Crippen LogP) is 3.48. The molecule has 0 aliphatic heterocycles. The molecule has 0 radical (unpaired) electrons. The molecule has 0 fully saturated rings. The zero-order chi connectivity index (χ0) is 16.1. The molecule has 0 atom stereocenters. The van der Waals surface area contributed by atoms with E-state index in [1.54, 1.807) is 45.7 Å². The molecule has 0 aromatic heterocycles. The van der Waals surface area contributed by atoms with E-state index in [4.69, 9.17) is 14.2 Å². The average Bonchev–Trinajstić information content (AvgIpc) is 2.54. The van der Waals surface area contributed by atoms with E-state index in [1.165, 1.54) is 0 Å². The molecule has 2 aromatic carbocycles. The van der Waals surface area contributed by atoms with Gasteiger partial charge in [-0.1, -0.05) is 6.07 Å². The fourth-order valence-electron chi connectivity index (χ4n) is 2.10. The number of rotatable bonds is 5. The standard InChI is InChI=1S/C17H19NO4/c1-11-5-7-14(19)13(9-11)18-10-12-6-8-15(20-2)17(22-4)16(12)21-3/h5-10,19H,1-4H3. The molecule has 0 saturated carbocycles. The monoisotopic (exact) mass is 301 g/mol. The third kappa shape index (κ3) is 3.14. The molecule has 0 aliphatic rings. The molecule has 0 amide bonds. The van der Waals surface area contributed by atoms with Gasteiger partial charge < -0.3 is 19.3 Å². The summed E-state index contributed by atoms with van der Waals surface area (Å²) in [7, 11) is 4.67. The fraction of sp³-hybridized carbons (Fsp3) is 0.235. The second-order valence-corrected chi connectivity index (χ2v) is 4.67. The van der Waals surface area contributed by atoms with Crippen molar-refractivity contribution in [3.05, 3.63) is 41.5 Å². The van der Waals surface area contributed by atoms with Crippen LogP contribution in [0.1, 0.15) is 11.1 Å². The van der Waals surface area contributed by atoms with Crippen LogP contribution in [0.2, 0.25) is 0 Å². The van der Waals surface area contributed by atoms with Crippen LogP contribution in [0.15, 0.2) is 35.3 Å². The highest BCUT2D eigenvalue weighted by Gasteiger charge is 2.14. The van der Waals surface area contributed by atoms with Crippen LogP contribution in [-0.4, -0.2) is 32.7 Å². The number of hydrogen-bond acceptors (Lipinski definition) is 5. The zero-order valence-electron chi connectivity index (χ0n) is 13.1. The van der Waals surface area contributed by atoms with Crippen LogP contribution in [0.3, 0.4) is 0 Å². The SMILES string of the molecule is COc1ccc(C=Nc2cc(C)ccc2O)c(OC)c1OC. The van der Waals surface area contributed by atoms with Crippen LogP contribution in [0, 0.1) is 6.92 Å². The highest BCUT2D eigenvalue weighted by atomic mass is 16.5. The zero-order valence-corrected chi connectivity index (χ0v) is 13.1. The summed E-state index contributed by atoms with van der Waals surface area (Å²) in [5.41, 5.74) is 2.24. The Labute approximate surface area is 129 Å². The van der Waals surface area contributed by atoms with Gasteiger partial charge in [-0.3, -0.25) is 4.99 Å². The van der Waals surface area contributed by atoms with Gasteiger partial charge in [0.2, 0.25) is 5.75 Å². The van der Waals surface area contributed by atoms with Gasteiger partial charge in [-0.05, 0) is 36.8 Å². The third-order valence-corrected chi connectivity index (χ3v) is 3.21. The van der Waals surface area contributed by atoms with Gasteiger partial charge >= 0.3 is 0 Å². The van der Waals surface area contributed by atoms with Gasteiger partial charge in [0.05, 0.1) is 21.3 Å². The molecule has 1 N–H and O–H groups in total. The maximum Gasteiger partial charge on any atom is 0.203 e. The van der Waals surface area contributed by atoms with Crippen molar-refractivity contribution < 1.29 is 19.3 Å². The van der Waals surface area contributed by atoms with E-state index in [2.05, 4.69) is 4.99 Å². The van der Waals surface area contributed by atoms with Crippen molar-refractivity contribution in [3.8, 4) is 23.0 Å². The number of aliphatic imine (C=N–C) groups is 1. The van der Waals surface area contributed by atoms with Crippen LogP contribution < -0.4 is 14.2 Å². The minimum Gasteiger partial charge on any atom is -0.506 e. The van der Waals surface area contributed by atoms with Gasteiger partial charge in [-0.25, -0.2) is 0 Å². The summed E-state index contributed by atoms with van der Waals surface area (Å²) >= 11 is 0. The van der Waals surface area contributed by atoms with Crippen LogP contribution in [0.25, 0.3) is 0 Å². The van der Waals surface area contributed by atoms with Crippen molar-refractivity contribution in [2.45, 2.75) is 6.92 Å². The number of methoxy groups -OCH3 is 3. The van der Waals surface area contributed by atoms with Gasteiger partial charge in [0.25, 0.3) is 0 Å². The van der Waals surface area contributed by atoms with E-state index in [0.717, 1.165) is 11.1 Å². The number of aryl methyl sites for hydroxylation is 1. The van der Waals surface area contributed by atoms with E-state index >= 15 is 0 Å². The number of phenols is 1. The lowest BCUT2D eigenvalue weighted by Gasteiger charge is -2.13. The number of nitrogens with zero attached hydrogens (tertiary/aromatic N) is 1. The molecule has 22 heavy (non-hydrogen) atoms. The second-order valence-electron chi connectivity index (χ2n) is 4.67. The van der Waals surface area contributed by atoms with E-state index in [9.17, 15) is 5.11 Å². The smallest absolute Gasteiger partial charge is 0.203 e. The third-order valence-electron chi connectivity index (χ3n) is 3.21. The largest absolute Gasteiger partial charge is 0.506 e. The van der Waals surface area contributed by atoms with E-state index < -0.39 is 0 Å². The molecule has 0 saturated heterocycles. The van der Waals surface area contributed by atoms with Crippen molar-refractivity contribution in [1.82, 2.24) is 0 Å². The van der Waals surface area contributed by atoms with Gasteiger partial charge in [-0.15, -0.1) is 0 Å². The predicted molar refractivity (Wildman–Crippen MR) is 86.2 cm³/mol. The molecular formula is C17H19NO4. The first-order chi connectivity index (χ1) is 10.6. The number of hydrogen-bond donors (Lipinski definition) is 1. The summed E-state index contributed by atoms with van der Waals surface area (Å²) in [4.78, 5) is 4.32. The Balaban J connectivity index is 2.45. The lowest BCUT2D eigenvalue weighted by atomic mass is 10.1. The van der Waals surface area contributed by atoms with Crippen molar-refractivity contribution >= 4 is 11.9 Å². The van der Waals surface area contributed by atoms with Crippen LogP contribution in [0.4, 0.5) is 5.69 Å². The molecule has 0 aliphatic carbocycles. The summed E-state index contributed by atoms with van der Waals surface area (Å²) < 4.78 is 16.0. The number of benzene rings is 2. The van der Waals surface area contributed by atoms with Crippen molar-refractivity contribution in [1.29, 1.82) is 0 Å². The Morgan fingerprint density at radius 3 is 2.32 bits per heavy atom. The summed E-state index contributed by atoms with van der Waals surface area (Å²) in [5.74, 6) is 1.73. The Morgan fingerprint density at radius 1 is 0.955 bits per heavy atom. The topological polar surface area (TPSA) is 60.3 Å². The molecule has 0 bridgehead atoms. The number of aromatic hydroxyl groups is 1. The molecule has 2 rings (SSSR count). The molecule has 5 nitrogen and oxygen atoms in total. The molecule has 0 spiro atoms. The maximum atomic E-state index is 9.83. The minimum atomic E-state index is 0.126. The summed E-state index contributed by atoms with van der Waals surface area (Å²) in [5, 5.41) is 9.83. The highest BCUT2D eigenvalue weighted by molar-refractivity contribution is 5.88. The van der Waals surface area contributed by atoms with Crippen molar-refractivity contribution in [3.63, 3.8) is 0 Å². The van der Waals surface area contributed by atoms with Gasteiger partial charge in [0.15, 0.2) is 11.5 Å². The normalized spacial score (nSPS) is 10.7. The Bertz CT molecular complexity index is 695. The van der Waals surface area contributed by atoms with Gasteiger partial charge in [0, 0.05) is 11.8 Å².